The van der Waals surface area contributed by atoms with Crippen LogP contribution in [0.15, 0.2) is 54.6 Å². The number of hydrogen-bond donors (Lipinski definition) is 1. The summed E-state index contributed by atoms with van der Waals surface area (Å²) in [7, 11) is 0. The van der Waals surface area contributed by atoms with Crippen molar-refractivity contribution in [1.82, 2.24) is 5.32 Å². The van der Waals surface area contributed by atoms with E-state index in [0.717, 1.165) is 16.5 Å². The van der Waals surface area contributed by atoms with Crippen LogP contribution in [-0.2, 0) is 22.2 Å². The van der Waals surface area contributed by atoms with Gasteiger partial charge in [-0.2, -0.15) is 13.2 Å². The molecular formula is C20H21F3N2O2. The zero-order chi connectivity index (χ0) is 19.9. The topological polar surface area (TPSA) is 49.4 Å². The third kappa shape index (κ3) is 6.13. The van der Waals surface area contributed by atoms with Crippen LogP contribution in [-0.4, -0.2) is 24.9 Å². The van der Waals surface area contributed by atoms with Gasteiger partial charge in [-0.3, -0.25) is 9.59 Å². The van der Waals surface area contributed by atoms with E-state index < -0.39 is 17.6 Å². The molecule has 0 spiro atoms. The van der Waals surface area contributed by atoms with E-state index in [9.17, 15) is 22.8 Å². The molecule has 0 aliphatic rings. The van der Waals surface area contributed by atoms with E-state index in [1.165, 1.54) is 25.1 Å². The van der Waals surface area contributed by atoms with E-state index in [4.69, 9.17) is 0 Å². The van der Waals surface area contributed by atoms with Gasteiger partial charge in [-0.15, -0.1) is 0 Å². The number of carbonyl (C=O) groups excluding carboxylic acids is 2. The highest BCUT2D eigenvalue weighted by Gasteiger charge is 2.35. The molecule has 0 saturated heterocycles. The van der Waals surface area contributed by atoms with Crippen LogP contribution in [0.4, 0.5) is 18.9 Å². The zero-order valence-electron chi connectivity index (χ0n) is 14.9. The number of rotatable bonds is 7. The molecular weight excluding hydrogens is 357 g/mol. The van der Waals surface area contributed by atoms with Gasteiger partial charge in [-0.05, 0) is 24.1 Å². The third-order valence-electron chi connectivity index (χ3n) is 4.02. The largest absolute Gasteiger partial charge is 0.418 e. The molecule has 0 unspecified atom stereocenters. The highest BCUT2D eigenvalue weighted by molar-refractivity contribution is 5.93. The van der Waals surface area contributed by atoms with Gasteiger partial charge in [0.1, 0.15) is 0 Å². The van der Waals surface area contributed by atoms with Crippen molar-refractivity contribution < 1.29 is 22.8 Å². The van der Waals surface area contributed by atoms with E-state index in [2.05, 4.69) is 5.32 Å². The van der Waals surface area contributed by atoms with Crippen LogP contribution in [0.3, 0.4) is 0 Å². The van der Waals surface area contributed by atoms with Crippen LogP contribution in [0.1, 0.15) is 24.5 Å². The predicted molar refractivity (Wildman–Crippen MR) is 97.2 cm³/mol. The minimum absolute atomic E-state index is 0.0828. The monoisotopic (exact) mass is 378 g/mol. The SMILES string of the molecule is CC(=O)N(CCC(=O)NCCc1ccccc1)c1ccccc1C(F)(F)F. The zero-order valence-corrected chi connectivity index (χ0v) is 14.9. The maximum Gasteiger partial charge on any atom is 0.418 e. The lowest BCUT2D eigenvalue weighted by atomic mass is 10.1. The van der Waals surface area contributed by atoms with Gasteiger partial charge in [0, 0.05) is 26.4 Å². The summed E-state index contributed by atoms with van der Waals surface area (Å²) >= 11 is 0. The normalized spacial score (nSPS) is 11.1. The summed E-state index contributed by atoms with van der Waals surface area (Å²) in [6.45, 7) is 1.47. The van der Waals surface area contributed by atoms with Crippen LogP contribution < -0.4 is 10.2 Å². The van der Waals surface area contributed by atoms with Crippen molar-refractivity contribution in [1.29, 1.82) is 0 Å². The standard InChI is InChI=1S/C20H21F3N2O2/c1-15(26)25(18-10-6-5-9-17(18)20(21,22)23)14-12-19(27)24-13-11-16-7-3-2-4-8-16/h2-10H,11-14H2,1H3,(H,24,27). The van der Waals surface area contributed by atoms with Gasteiger partial charge < -0.3 is 10.2 Å². The Morgan fingerprint density at radius 3 is 2.26 bits per heavy atom. The minimum Gasteiger partial charge on any atom is -0.356 e. The van der Waals surface area contributed by atoms with E-state index in [1.54, 1.807) is 0 Å². The maximum atomic E-state index is 13.2. The smallest absolute Gasteiger partial charge is 0.356 e. The van der Waals surface area contributed by atoms with Gasteiger partial charge >= 0.3 is 6.18 Å². The molecule has 1 N–H and O–H groups in total. The first-order valence-corrected chi connectivity index (χ1v) is 8.54. The first kappa shape index (κ1) is 20.5. The van der Waals surface area contributed by atoms with E-state index in [1.807, 2.05) is 30.3 Å². The molecule has 2 amide bonds. The lowest BCUT2D eigenvalue weighted by molar-refractivity contribution is -0.137. The van der Waals surface area contributed by atoms with E-state index in [0.29, 0.717) is 13.0 Å². The van der Waals surface area contributed by atoms with Gasteiger partial charge in [-0.1, -0.05) is 42.5 Å². The first-order valence-electron chi connectivity index (χ1n) is 8.54. The average molecular weight is 378 g/mol. The Morgan fingerprint density at radius 2 is 1.63 bits per heavy atom. The Labute approximate surface area is 156 Å². The summed E-state index contributed by atoms with van der Waals surface area (Å²) in [5, 5.41) is 2.72. The molecule has 2 aromatic carbocycles. The van der Waals surface area contributed by atoms with E-state index in [-0.39, 0.29) is 24.6 Å². The second-order valence-corrected chi connectivity index (χ2v) is 6.02. The molecule has 144 valence electrons. The molecule has 0 heterocycles. The van der Waals surface area contributed by atoms with Gasteiger partial charge in [0.05, 0.1) is 11.3 Å². The summed E-state index contributed by atoms with van der Waals surface area (Å²) in [5.74, 6) is -0.870. The summed E-state index contributed by atoms with van der Waals surface area (Å²) in [6.07, 6.45) is -4.01. The minimum atomic E-state index is -4.58. The van der Waals surface area contributed by atoms with Gasteiger partial charge in [-0.25, -0.2) is 0 Å². The second-order valence-electron chi connectivity index (χ2n) is 6.02. The molecule has 0 bridgehead atoms. The summed E-state index contributed by atoms with van der Waals surface area (Å²) in [6, 6.07) is 14.4. The highest BCUT2D eigenvalue weighted by atomic mass is 19.4. The van der Waals surface area contributed by atoms with Crippen molar-refractivity contribution in [3.63, 3.8) is 0 Å². The van der Waals surface area contributed by atoms with E-state index >= 15 is 0 Å². The molecule has 4 nitrogen and oxygen atoms in total. The number of nitrogens with one attached hydrogen (secondary N) is 1. The summed E-state index contributed by atoms with van der Waals surface area (Å²) in [4.78, 5) is 24.8. The highest BCUT2D eigenvalue weighted by Crippen LogP contribution is 2.36. The van der Waals surface area contributed by atoms with Gasteiger partial charge in [0.2, 0.25) is 11.8 Å². The molecule has 0 aliphatic carbocycles. The fraction of sp³-hybridized carbons (Fsp3) is 0.300. The van der Waals surface area contributed by atoms with Crippen molar-refractivity contribution in [2.24, 2.45) is 0 Å². The van der Waals surface area contributed by atoms with Crippen molar-refractivity contribution in [3.05, 3.63) is 65.7 Å². The predicted octanol–water partition coefficient (Wildman–Crippen LogP) is 3.81. The number of anilines is 1. The molecule has 7 heteroatoms. The molecule has 27 heavy (non-hydrogen) atoms. The third-order valence-corrected chi connectivity index (χ3v) is 4.02. The maximum absolute atomic E-state index is 13.2. The average Bonchev–Trinajstić information content (AvgIpc) is 2.62. The van der Waals surface area contributed by atoms with Crippen molar-refractivity contribution >= 4 is 17.5 Å². The number of benzene rings is 2. The molecule has 0 radical (unpaired) electrons. The summed E-state index contributed by atoms with van der Waals surface area (Å²) < 4.78 is 39.5. The van der Waals surface area contributed by atoms with Crippen LogP contribution in [0.2, 0.25) is 0 Å². The van der Waals surface area contributed by atoms with Crippen molar-refractivity contribution in [3.8, 4) is 0 Å². The number of carbonyl (C=O) groups is 2. The summed E-state index contributed by atoms with van der Waals surface area (Å²) in [5.41, 5.74) is -0.0680. The number of nitrogens with zero attached hydrogens (tertiary/aromatic N) is 1. The Balaban J connectivity index is 1.95. The molecule has 0 aliphatic heterocycles. The molecule has 2 aromatic rings. The lowest BCUT2D eigenvalue weighted by Crippen LogP contribution is -2.35. The van der Waals surface area contributed by atoms with Gasteiger partial charge in [0.25, 0.3) is 0 Å². The lowest BCUT2D eigenvalue weighted by Gasteiger charge is -2.24. The Hall–Kier alpha value is -2.83. The van der Waals surface area contributed by atoms with Crippen LogP contribution in [0.5, 0.6) is 0 Å². The molecule has 0 fully saturated rings. The van der Waals surface area contributed by atoms with Crippen molar-refractivity contribution in [2.45, 2.75) is 25.9 Å². The number of halogens is 3. The molecule has 2 rings (SSSR count). The number of alkyl halides is 3. The Bertz CT molecular complexity index is 776. The fourth-order valence-corrected chi connectivity index (χ4v) is 2.69. The number of amides is 2. The van der Waals surface area contributed by atoms with Gasteiger partial charge in [0.15, 0.2) is 0 Å². The van der Waals surface area contributed by atoms with Crippen LogP contribution in [0.25, 0.3) is 0 Å². The van der Waals surface area contributed by atoms with Crippen LogP contribution in [0, 0.1) is 0 Å². The second kappa shape index (κ2) is 9.21. The number of para-hydroxylation sites is 1. The molecule has 0 aromatic heterocycles. The van der Waals surface area contributed by atoms with Crippen LogP contribution >= 0.6 is 0 Å². The first-order chi connectivity index (χ1) is 12.8. The fourth-order valence-electron chi connectivity index (χ4n) is 2.69. The Morgan fingerprint density at radius 1 is 1.00 bits per heavy atom. The number of hydrogen-bond acceptors (Lipinski definition) is 2. The quantitative estimate of drug-likeness (QED) is 0.797. The van der Waals surface area contributed by atoms with Crippen molar-refractivity contribution in [2.75, 3.05) is 18.0 Å². The molecule has 0 saturated carbocycles. The molecule has 0 atom stereocenters. The Kier molecular flexibility index (Phi) is 6.98.